The Morgan fingerprint density at radius 2 is 2.00 bits per heavy atom. The highest BCUT2D eigenvalue weighted by Gasteiger charge is 2.11. The highest BCUT2D eigenvalue weighted by molar-refractivity contribution is 7.98. The molecule has 0 saturated heterocycles. The lowest BCUT2D eigenvalue weighted by atomic mass is 10.2. The molecule has 3 nitrogen and oxygen atoms in total. The molecular formula is C18H15ClN2OS. The quantitative estimate of drug-likeness (QED) is 0.388. The molecule has 116 valence electrons. The van der Waals surface area contributed by atoms with Gasteiger partial charge >= 0.3 is 0 Å². The first kappa shape index (κ1) is 15.8. The number of benzene rings is 2. The van der Waals surface area contributed by atoms with Crippen molar-refractivity contribution in [3.8, 4) is 0 Å². The van der Waals surface area contributed by atoms with Crippen LogP contribution in [0.2, 0.25) is 5.02 Å². The van der Waals surface area contributed by atoms with Crippen LogP contribution in [0.4, 0.5) is 0 Å². The summed E-state index contributed by atoms with van der Waals surface area (Å²) >= 11 is 7.54. The zero-order chi connectivity index (χ0) is 16.2. The minimum Gasteiger partial charge on any atom is -0.283 e. The predicted molar refractivity (Wildman–Crippen MR) is 97.2 cm³/mol. The van der Waals surface area contributed by atoms with Crippen LogP contribution in [0.1, 0.15) is 5.56 Å². The number of allylic oxidation sites excluding steroid dienone is 1. The first-order chi connectivity index (χ1) is 11.2. The predicted octanol–water partition coefficient (Wildman–Crippen LogP) is 4.53. The Bertz CT molecular complexity index is 906. The number of hydrogen-bond donors (Lipinski definition) is 0. The molecule has 23 heavy (non-hydrogen) atoms. The van der Waals surface area contributed by atoms with E-state index in [9.17, 15) is 4.79 Å². The normalized spacial score (nSPS) is 10.8. The Balaban J connectivity index is 2.04. The van der Waals surface area contributed by atoms with Crippen LogP contribution in [0.25, 0.3) is 10.9 Å². The minimum atomic E-state index is -0.0899. The molecule has 0 radical (unpaired) electrons. The molecule has 3 rings (SSSR count). The fraction of sp³-hybridized carbons (Fsp3) is 0.111. The SMILES string of the molecule is C=CCn1c(SCc2ccccc2)nc2ccc(Cl)cc2c1=O. The Morgan fingerprint density at radius 3 is 2.74 bits per heavy atom. The van der Waals surface area contributed by atoms with Crippen molar-refractivity contribution in [3.05, 3.63) is 82.1 Å². The summed E-state index contributed by atoms with van der Waals surface area (Å²) in [7, 11) is 0. The Hall–Kier alpha value is -2.04. The average molecular weight is 343 g/mol. The number of halogens is 1. The van der Waals surface area contributed by atoms with Gasteiger partial charge in [-0.25, -0.2) is 4.98 Å². The molecule has 5 heteroatoms. The van der Waals surface area contributed by atoms with E-state index in [4.69, 9.17) is 11.6 Å². The zero-order valence-electron chi connectivity index (χ0n) is 12.4. The van der Waals surface area contributed by atoms with E-state index in [2.05, 4.69) is 23.7 Å². The van der Waals surface area contributed by atoms with Crippen LogP contribution in [0, 0.1) is 0 Å². The van der Waals surface area contributed by atoms with E-state index in [-0.39, 0.29) is 5.56 Å². The van der Waals surface area contributed by atoms with Crippen LogP contribution in [-0.4, -0.2) is 9.55 Å². The topological polar surface area (TPSA) is 34.9 Å². The van der Waals surface area contributed by atoms with E-state index in [1.54, 1.807) is 40.6 Å². The monoisotopic (exact) mass is 342 g/mol. The molecule has 0 bridgehead atoms. The summed E-state index contributed by atoms with van der Waals surface area (Å²) in [4.78, 5) is 17.3. The molecule has 0 atom stereocenters. The van der Waals surface area contributed by atoms with E-state index < -0.39 is 0 Å². The van der Waals surface area contributed by atoms with Gasteiger partial charge in [-0.3, -0.25) is 9.36 Å². The summed E-state index contributed by atoms with van der Waals surface area (Å²) in [6.45, 7) is 4.15. The van der Waals surface area contributed by atoms with Crippen LogP contribution in [0.3, 0.4) is 0 Å². The van der Waals surface area contributed by atoms with Gasteiger partial charge in [0, 0.05) is 17.3 Å². The summed E-state index contributed by atoms with van der Waals surface area (Å²) in [5, 5.41) is 1.75. The van der Waals surface area contributed by atoms with Crippen molar-refractivity contribution in [2.45, 2.75) is 17.5 Å². The summed E-state index contributed by atoms with van der Waals surface area (Å²) in [6.07, 6.45) is 1.70. The molecule has 0 saturated carbocycles. The van der Waals surface area contributed by atoms with Crippen molar-refractivity contribution in [3.63, 3.8) is 0 Å². The first-order valence-corrected chi connectivity index (χ1v) is 8.53. The van der Waals surface area contributed by atoms with Gasteiger partial charge in [-0.05, 0) is 23.8 Å². The van der Waals surface area contributed by atoms with Gasteiger partial charge in [0.25, 0.3) is 5.56 Å². The lowest BCUT2D eigenvalue weighted by molar-refractivity contribution is 0.671. The van der Waals surface area contributed by atoms with Gasteiger partial charge in [-0.15, -0.1) is 6.58 Å². The van der Waals surface area contributed by atoms with Crippen LogP contribution in [0.5, 0.6) is 0 Å². The largest absolute Gasteiger partial charge is 0.283 e. The number of nitrogens with zero attached hydrogens (tertiary/aromatic N) is 2. The van der Waals surface area contributed by atoms with E-state index in [0.29, 0.717) is 27.6 Å². The van der Waals surface area contributed by atoms with E-state index in [1.807, 2.05) is 18.2 Å². The summed E-state index contributed by atoms with van der Waals surface area (Å²) in [5.41, 5.74) is 1.76. The van der Waals surface area contributed by atoms with Crippen LogP contribution in [0.15, 0.2) is 71.1 Å². The third-order valence-electron chi connectivity index (χ3n) is 3.40. The molecule has 0 aliphatic heterocycles. The molecule has 0 fully saturated rings. The fourth-order valence-corrected chi connectivity index (χ4v) is 3.43. The van der Waals surface area contributed by atoms with Gasteiger partial charge in [-0.1, -0.05) is 59.8 Å². The second-order valence-electron chi connectivity index (χ2n) is 5.03. The molecule has 2 aromatic carbocycles. The summed E-state index contributed by atoms with van der Waals surface area (Å²) < 4.78 is 1.64. The second kappa shape index (κ2) is 7.02. The number of aromatic nitrogens is 2. The number of fused-ring (bicyclic) bond motifs is 1. The number of hydrogen-bond acceptors (Lipinski definition) is 3. The molecule has 3 aromatic rings. The van der Waals surface area contributed by atoms with E-state index >= 15 is 0 Å². The van der Waals surface area contributed by atoms with Crippen LogP contribution in [-0.2, 0) is 12.3 Å². The van der Waals surface area contributed by atoms with Gasteiger partial charge < -0.3 is 0 Å². The summed E-state index contributed by atoms with van der Waals surface area (Å²) in [6, 6.07) is 15.3. The Morgan fingerprint density at radius 1 is 1.22 bits per heavy atom. The third-order valence-corrected chi connectivity index (χ3v) is 4.69. The van der Waals surface area contributed by atoms with Crippen molar-refractivity contribution in [2.24, 2.45) is 0 Å². The van der Waals surface area contributed by atoms with Crippen molar-refractivity contribution in [2.75, 3.05) is 0 Å². The second-order valence-corrected chi connectivity index (χ2v) is 6.41. The molecule has 0 spiro atoms. The molecule has 1 heterocycles. The van der Waals surface area contributed by atoms with E-state index in [0.717, 1.165) is 5.75 Å². The standard InChI is InChI=1S/C18H15ClN2OS/c1-2-10-21-17(22)15-11-14(19)8-9-16(15)20-18(21)23-12-13-6-4-3-5-7-13/h2-9,11H,1,10,12H2. The van der Waals surface area contributed by atoms with E-state index in [1.165, 1.54) is 5.56 Å². The Kier molecular flexibility index (Phi) is 4.84. The van der Waals surface area contributed by atoms with Crippen LogP contribution < -0.4 is 5.56 Å². The smallest absolute Gasteiger partial charge is 0.262 e. The number of rotatable bonds is 5. The van der Waals surface area contributed by atoms with Gasteiger partial charge in [0.2, 0.25) is 0 Å². The maximum Gasteiger partial charge on any atom is 0.262 e. The molecule has 0 amide bonds. The van der Waals surface area contributed by atoms with Gasteiger partial charge in [0.05, 0.1) is 10.9 Å². The Labute approximate surface area is 143 Å². The first-order valence-electron chi connectivity index (χ1n) is 7.17. The fourth-order valence-electron chi connectivity index (χ4n) is 2.30. The highest BCUT2D eigenvalue weighted by Crippen LogP contribution is 2.23. The molecule has 0 unspecified atom stereocenters. The lowest BCUT2D eigenvalue weighted by Crippen LogP contribution is -2.22. The highest BCUT2D eigenvalue weighted by atomic mass is 35.5. The van der Waals surface area contributed by atoms with Crippen molar-refractivity contribution in [1.29, 1.82) is 0 Å². The minimum absolute atomic E-state index is 0.0899. The van der Waals surface area contributed by atoms with Gasteiger partial charge in [0.15, 0.2) is 5.16 Å². The molecule has 0 aliphatic carbocycles. The maximum absolute atomic E-state index is 12.7. The van der Waals surface area contributed by atoms with Crippen LogP contribution >= 0.6 is 23.4 Å². The van der Waals surface area contributed by atoms with Gasteiger partial charge in [0.1, 0.15) is 0 Å². The summed E-state index contributed by atoms with van der Waals surface area (Å²) in [5.74, 6) is 0.753. The number of thioether (sulfide) groups is 1. The molecule has 0 aliphatic rings. The average Bonchev–Trinajstić information content (AvgIpc) is 2.57. The molecule has 1 aromatic heterocycles. The van der Waals surface area contributed by atoms with Crippen molar-refractivity contribution < 1.29 is 0 Å². The molecular weight excluding hydrogens is 328 g/mol. The lowest BCUT2D eigenvalue weighted by Gasteiger charge is -2.11. The van der Waals surface area contributed by atoms with Crippen molar-refractivity contribution >= 4 is 34.3 Å². The maximum atomic E-state index is 12.7. The molecule has 0 N–H and O–H groups in total. The van der Waals surface area contributed by atoms with Crippen molar-refractivity contribution in [1.82, 2.24) is 9.55 Å². The third kappa shape index (κ3) is 3.49. The zero-order valence-corrected chi connectivity index (χ0v) is 14.0. The van der Waals surface area contributed by atoms with Gasteiger partial charge in [-0.2, -0.15) is 0 Å².